The second-order valence-corrected chi connectivity index (χ2v) is 5.06. The summed E-state index contributed by atoms with van der Waals surface area (Å²) >= 11 is 0. The molecule has 0 amide bonds. The molecule has 1 N–H and O–H groups in total. The molecular weight excluding hydrogens is 214 g/mol. The molecule has 0 spiro atoms. The Kier molecular flexibility index (Phi) is 4.50. The Balaban J connectivity index is 1.91. The quantitative estimate of drug-likeness (QED) is 0.819. The number of hydrogen-bond donors (Lipinski definition) is 1. The molecular formula is C12H23N5. The van der Waals surface area contributed by atoms with Gasteiger partial charge >= 0.3 is 0 Å². The Morgan fingerprint density at radius 2 is 2.18 bits per heavy atom. The zero-order valence-electron chi connectivity index (χ0n) is 10.9. The van der Waals surface area contributed by atoms with E-state index in [-0.39, 0.29) is 0 Å². The SMILES string of the molecule is CN(C)CCCn1cnnc1C1CCNCC1. The molecule has 1 aromatic heterocycles. The lowest BCUT2D eigenvalue weighted by molar-refractivity contribution is 0.377. The highest BCUT2D eigenvalue weighted by atomic mass is 15.3. The van der Waals surface area contributed by atoms with Gasteiger partial charge in [0.25, 0.3) is 0 Å². The molecule has 1 aromatic rings. The average Bonchev–Trinajstić information content (AvgIpc) is 2.78. The molecule has 1 saturated heterocycles. The molecule has 1 aliphatic rings. The van der Waals surface area contributed by atoms with E-state index in [0.717, 1.165) is 32.6 Å². The normalized spacial score (nSPS) is 17.8. The minimum Gasteiger partial charge on any atom is -0.317 e. The van der Waals surface area contributed by atoms with Gasteiger partial charge in [0.05, 0.1) is 0 Å². The number of hydrogen-bond acceptors (Lipinski definition) is 4. The predicted molar refractivity (Wildman–Crippen MR) is 68.0 cm³/mol. The number of aryl methyl sites for hydroxylation is 1. The molecule has 5 nitrogen and oxygen atoms in total. The van der Waals surface area contributed by atoms with Gasteiger partial charge < -0.3 is 14.8 Å². The van der Waals surface area contributed by atoms with E-state index in [2.05, 4.69) is 39.1 Å². The van der Waals surface area contributed by atoms with Gasteiger partial charge in [0.15, 0.2) is 0 Å². The highest BCUT2D eigenvalue weighted by Gasteiger charge is 2.20. The van der Waals surface area contributed by atoms with Crippen LogP contribution in [0.3, 0.4) is 0 Å². The highest BCUT2D eigenvalue weighted by Crippen LogP contribution is 2.23. The van der Waals surface area contributed by atoms with Crippen molar-refractivity contribution in [2.45, 2.75) is 31.7 Å². The van der Waals surface area contributed by atoms with Crippen LogP contribution in [0.15, 0.2) is 6.33 Å². The van der Waals surface area contributed by atoms with Gasteiger partial charge in [-0.25, -0.2) is 0 Å². The molecule has 0 aliphatic carbocycles. The number of rotatable bonds is 5. The first-order valence-corrected chi connectivity index (χ1v) is 6.50. The number of nitrogens with zero attached hydrogens (tertiary/aromatic N) is 4. The smallest absolute Gasteiger partial charge is 0.136 e. The molecule has 2 rings (SSSR count). The van der Waals surface area contributed by atoms with Crippen molar-refractivity contribution in [3.05, 3.63) is 12.2 Å². The van der Waals surface area contributed by atoms with Crippen LogP contribution in [-0.4, -0.2) is 53.4 Å². The Morgan fingerprint density at radius 1 is 1.41 bits per heavy atom. The largest absolute Gasteiger partial charge is 0.317 e. The van der Waals surface area contributed by atoms with E-state index in [9.17, 15) is 0 Å². The fraction of sp³-hybridized carbons (Fsp3) is 0.833. The summed E-state index contributed by atoms with van der Waals surface area (Å²) in [5, 5.41) is 11.8. The van der Waals surface area contributed by atoms with Gasteiger partial charge in [0.1, 0.15) is 12.2 Å². The monoisotopic (exact) mass is 237 g/mol. The summed E-state index contributed by atoms with van der Waals surface area (Å²) in [6.45, 7) is 4.36. The Labute approximate surface area is 103 Å². The van der Waals surface area contributed by atoms with E-state index in [1.807, 2.05) is 6.33 Å². The minimum atomic E-state index is 0.595. The van der Waals surface area contributed by atoms with E-state index in [0.29, 0.717) is 5.92 Å². The van der Waals surface area contributed by atoms with Crippen LogP contribution in [-0.2, 0) is 6.54 Å². The van der Waals surface area contributed by atoms with E-state index in [1.165, 1.54) is 18.7 Å². The van der Waals surface area contributed by atoms with Gasteiger partial charge in [0.2, 0.25) is 0 Å². The molecule has 1 aliphatic heterocycles. The maximum Gasteiger partial charge on any atom is 0.136 e. The molecule has 0 bridgehead atoms. The standard InChI is InChI=1S/C12H23N5/c1-16(2)8-3-9-17-10-14-15-12(17)11-4-6-13-7-5-11/h10-11,13H,3-9H2,1-2H3. The molecule has 0 unspecified atom stereocenters. The zero-order chi connectivity index (χ0) is 12.1. The first-order chi connectivity index (χ1) is 8.27. The summed E-state index contributed by atoms with van der Waals surface area (Å²) in [6.07, 6.45) is 5.41. The van der Waals surface area contributed by atoms with E-state index >= 15 is 0 Å². The zero-order valence-corrected chi connectivity index (χ0v) is 10.9. The number of nitrogens with one attached hydrogen (secondary N) is 1. The molecule has 0 radical (unpaired) electrons. The number of aromatic nitrogens is 3. The fourth-order valence-electron chi connectivity index (χ4n) is 2.39. The lowest BCUT2D eigenvalue weighted by atomic mass is 9.97. The Morgan fingerprint density at radius 3 is 2.88 bits per heavy atom. The van der Waals surface area contributed by atoms with Crippen molar-refractivity contribution in [1.82, 2.24) is 25.0 Å². The van der Waals surface area contributed by atoms with Crippen LogP contribution in [0.25, 0.3) is 0 Å². The Hall–Kier alpha value is -0.940. The molecule has 0 aromatic carbocycles. The van der Waals surface area contributed by atoms with Crippen molar-refractivity contribution < 1.29 is 0 Å². The van der Waals surface area contributed by atoms with Crippen LogP contribution >= 0.6 is 0 Å². The topological polar surface area (TPSA) is 46.0 Å². The van der Waals surface area contributed by atoms with Crippen LogP contribution in [0, 0.1) is 0 Å². The van der Waals surface area contributed by atoms with E-state index in [1.54, 1.807) is 0 Å². The lowest BCUT2D eigenvalue weighted by Gasteiger charge is -2.22. The third-order valence-electron chi connectivity index (χ3n) is 3.35. The molecule has 0 atom stereocenters. The molecule has 1 fully saturated rings. The van der Waals surface area contributed by atoms with Crippen molar-refractivity contribution in [1.29, 1.82) is 0 Å². The first-order valence-electron chi connectivity index (χ1n) is 6.50. The summed E-state index contributed by atoms with van der Waals surface area (Å²) in [5.41, 5.74) is 0. The first kappa shape index (κ1) is 12.5. The Bertz CT molecular complexity index is 327. The van der Waals surface area contributed by atoms with Gasteiger partial charge in [-0.3, -0.25) is 0 Å². The summed E-state index contributed by atoms with van der Waals surface area (Å²) in [4.78, 5) is 2.22. The van der Waals surface area contributed by atoms with Crippen molar-refractivity contribution in [3.63, 3.8) is 0 Å². The van der Waals surface area contributed by atoms with Crippen molar-refractivity contribution >= 4 is 0 Å². The summed E-state index contributed by atoms with van der Waals surface area (Å²) in [7, 11) is 4.22. The second kappa shape index (κ2) is 6.12. The van der Waals surface area contributed by atoms with Gasteiger partial charge in [-0.15, -0.1) is 10.2 Å². The highest BCUT2D eigenvalue weighted by molar-refractivity contribution is 4.98. The molecule has 0 saturated carbocycles. The average molecular weight is 237 g/mol. The summed E-state index contributed by atoms with van der Waals surface area (Å²) < 4.78 is 2.24. The van der Waals surface area contributed by atoms with Crippen molar-refractivity contribution in [2.75, 3.05) is 33.7 Å². The molecule has 96 valence electrons. The summed E-state index contributed by atoms with van der Waals surface area (Å²) in [6, 6.07) is 0. The van der Waals surface area contributed by atoms with Crippen LogP contribution in [0.5, 0.6) is 0 Å². The van der Waals surface area contributed by atoms with Gasteiger partial charge in [0, 0.05) is 12.5 Å². The van der Waals surface area contributed by atoms with E-state index < -0.39 is 0 Å². The van der Waals surface area contributed by atoms with Crippen LogP contribution in [0.1, 0.15) is 31.0 Å². The number of piperidine rings is 1. The third kappa shape index (κ3) is 3.51. The fourth-order valence-corrected chi connectivity index (χ4v) is 2.39. The van der Waals surface area contributed by atoms with E-state index in [4.69, 9.17) is 0 Å². The maximum atomic E-state index is 4.31. The third-order valence-corrected chi connectivity index (χ3v) is 3.35. The lowest BCUT2D eigenvalue weighted by Crippen LogP contribution is -2.28. The minimum absolute atomic E-state index is 0.595. The maximum absolute atomic E-state index is 4.31. The second-order valence-electron chi connectivity index (χ2n) is 5.06. The van der Waals surface area contributed by atoms with Crippen LogP contribution in [0.2, 0.25) is 0 Å². The summed E-state index contributed by atoms with van der Waals surface area (Å²) in [5.74, 6) is 1.78. The van der Waals surface area contributed by atoms with Crippen LogP contribution < -0.4 is 5.32 Å². The molecule has 17 heavy (non-hydrogen) atoms. The van der Waals surface area contributed by atoms with Crippen LogP contribution in [0.4, 0.5) is 0 Å². The van der Waals surface area contributed by atoms with Crippen molar-refractivity contribution in [3.8, 4) is 0 Å². The molecule has 2 heterocycles. The van der Waals surface area contributed by atoms with Gasteiger partial charge in [-0.2, -0.15) is 0 Å². The van der Waals surface area contributed by atoms with Gasteiger partial charge in [-0.1, -0.05) is 0 Å². The molecule has 5 heteroatoms. The predicted octanol–water partition coefficient (Wildman–Crippen LogP) is 0.697. The van der Waals surface area contributed by atoms with Gasteiger partial charge in [-0.05, 0) is 53.0 Å². The van der Waals surface area contributed by atoms with Crippen molar-refractivity contribution in [2.24, 2.45) is 0 Å².